The van der Waals surface area contributed by atoms with Crippen molar-refractivity contribution in [1.82, 2.24) is 5.32 Å². The van der Waals surface area contributed by atoms with Gasteiger partial charge in [-0.2, -0.15) is 0 Å². The van der Waals surface area contributed by atoms with Crippen LogP contribution in [-0.4, -0.2) is 18.8 Å². The van der Waals surface area contributed by atoms with E-state index in [0.29, 0.717) is 0 Å². The van der Waals surface area contributed by atoms with Crippen LogP contribution in [0.1, 0.15) is 18.2 Å². The minimum atomic E-state index is 0.170. The fourth-order valence-corrected chi connectivity index (χ4v) is 2.98. The lowest BCUT2D eigenvalue weighted by atomic mass is 10.0. The Kier molecular flexibility index (Phi) is 3.27. The van der Waals surface area contributed by atoms with Crippen LogP contribution in [0.15, 0.2) is 15.9 Å². The van der Waals surface area contributed by atoms with Gasteiger partial charge in [-0.05, 0) is 40.7 Å². The lowest BCUT2D eigenvalue weighted by Gasteiger charge is -2.23. The molecule has 0 radical (unpaired) electrons. The quantitative estimate of drug-likeness (QED) is 0.916. The molecular formula is C10H14BrNOS. The summed E-state index contributed by atoms with van der Waals surface area (Å²) in [5, 5.41) is 5.66. The molecule has 1 aromatic heterocycles. The van der Waals surface area contributed by atoms with E-state index >= 15 is 0 Å². The second-order valence-corrected chi connectivity index (χ2v) is 5.76. The van der Waals surface area contributed by atoms with Crippen molar-refractivity contribution in [3.05, 3.63) is 20.8 Å². The first-order valence-corrected chi connectivity index (χ1v) is 6.42. The fourth-order valence-electron chi connectivity index (χ4n) is 1.55. The Morgan fingerprint density at radius 3 is 3.14 bits per heavy atom. The molecule has 2 heterocycles. The number of hydrogen-bond donors (Lipinski definition) is 1. The van der Waals surface area contributed by atoms with E-state index < -0.39 is 0 Å². The Balaban J connectivity index is 1.91. The summed E-state index contributed by atoms with van der Waals surface area (Å²) in [5.41, 5.74) is 0.170. The predicted octanol–water partition coefficient (Wildman–Crippen LogP) is 2.78. The van der Waals surface area contributed by atoms with E-state index in [2.05, 4.69) is 39.6 Å². The first kappa shape index (κ1) is 10.6. The van der Waals surface area contributed by atoms with Crippen molar-refractivity contribution in [3.63, 3.8) is 0 Å². The summed E-state index contributed by atoms with van der Waals surface area (Å²) >= 11 is 5.31. The van der Waals surface area contributed by atoms with Crippen molar-refractivity contribution in [3.8, 4) is 0 Å². The molecule has 14 heavy (non-hydrogen) atoms. The van der Waals surface area contributed by atoms with Gasteiger partial charge in [-0.25, -0.2) is 0 Å². The van der Waals surface area contributed by atoms with Crippen LogP contribution < -0.4 is 5.32 Å². The van der Waals surface area contributed by atoms with Crippen LogP contribution in [0.4, 0.5) is 0 Å². The first-order valence-electron chi connectivity index (χ1n) is 4.74. The van der Waals surface area contributed by atoms with E-state index in [0.717, 1.165) is 26.2 Å². The molecule has 0 aromatic carbocycles. The number of nitrogens with one attached hydrogen (secondary N) is 1. The average Bonchev–Trinajstić information content (AvgIpc) is 2.73. The van der Waals surface area contributed by atoms with E-state index in [-0.39, 0.29) is 5.54 Å². The van der Waals surface area contributed by atoms with Gasteiger partial charge in [0.15, 0.2) is 0 Å². The summed E-state index contributed by atoms with van der Waals surface area (Å²) in [6.45, 7) is 4.87. The summed E-state index contributed by atoms with van der Waals surface area (Å²) in [4.78, 5) is 1.36. The van der Waals surface area contributed by atoms with Crippen molar-refractivity contribution in [2.75, 3.05) is 13.2 Å². The van der Waals surface area contributed by atoms with Gasteiger partial charge in [-0.3, -0.25) is 0 Å². The van der Waals surface area contributed by atoms with Gasteiger partial charge in [-0.1, -0.05) is 0 Å². The Morgan fingerprint density at radius 2 is 2.57 bits per heavy atom. The second kappa shape index (κ2) is 4.31. The molecule has 1 atom stereocenters. The third-order valence-electron chi connectivity index (χ3n) is 2.59. The number of ether oxygens (including phenoxy) is 1. The summed E-state index contributed by atoms with van der Waals surface area (Å²) in [7, 11) is 0. The molecule has 1 aromatic rings. The SMILES string of the molecule is C[C@@]1(NCc2sccc2Br)CCOC1. The topological polar surface area (TPSA) is 21.3 Å². The summed E-state index contributed by atoms with van der Waals surface area (Å²) < 4.78 is 6.60. The molecule has 0 spiro atoms. The summed E-state index contributed by atoms with van der Waals surface area (Å²) in [5.74, 6) is 0. The molecule has 1 saturated heterocycles. The van der Waals surface area contributed by atoms with Crippen LogP contribution in [0.3, 0.4) is 0 Å². The molecule has 0 aliphatic carbocycles. The van der Waals surface area contributed by atoms with Crippen molar-refractivity contribution >= 4 is 27.3 Å². The van der Waals surface area contributed by atoms with E-state index in [1.807, 2.05) is 0 Å². The van der Waals surface area contributed by atoms with E-state index in [4.69, 9.17) is 4.74 Å². The van der Waals surface area contributed by atoms with E-state index in [1.165, 1.54) is 9.35 Å². The second-order valence-electron chi connectivity index (χ2n) is 3.91. The highest BCUT2D eigenvalue weighted by molar-refractivity contribution is 9.10. The Morgan fingerprint density at radius 1 is 1.71 bits per heavy atom. The fraction of sp³-hybridized carbons (Fsp3) is 0.600. The van der Waals surface area contributed by atoms with Crippen LogP contribution in [0.2, 0.25) is 0 Å². The van der Waals surface area contributed by atoms with Crippen molar-refractivity contribution in [2.24, 2.45) is 0 Å². The maximum atomic E-state index is 5.39. The van der Waals surface area contributed by atoms with E-state index in [1.54, 1.807) is 11.3 Å². The molecule has 4 heteroatoms. The van der Waals surface area contributed by atoms with Gasteiger partial charge in [0.25, 0.3) is 0 Å². The molecule has 0 amide bonds. The third-order valence-corrected chi connectivity index (χ3v) is 4.51. The first-order chi connectivity index (χ1) is 6.70. The molecule has 0 unspecified atom stereocenters. The highest BCUT2D eigenvalue weighted by Gasteiger charge is 2.28. The number of rotatable bonds is 3. The zero-order chi connectivity index (χ0) is 10.0. The van der Waals surface area contributed by atoms with Crippen molar-refractivity contribution < 1.29 is 4.74 Å². The Labute approximate surface area is 96.8 Å². The van der Waals surface area contributed by atoms with Crippen molar-refractivity contribution in [2.45, 2.75) is 25.4 Å². The monoisotopic (exact) mass is 275 g/mol. The normalized spacial score (nSPS) is 27.0. The lowest BCUT2D eigenvalue weighted by molar-refractivity contribution is 0.171. The van der Waals surface area contributed by atoms with E-state index in [9.17, 15) is 0 Å². The molecule has 78 valence electrons. The van der Waals surface area contributed by atoms with Crippen LogP contribution in [0.5, 0.6) is 0 Å². The number of thiophene rings is 1. The third kappa shape index (κ3) is 2.37. The summed E-state index contributed by atoms with van der Waals surface area (Å²) in [6, 6.07) is 2.09. The standard InChI is InChI=1S/C10H14BrNOS/c1-10(3-4-13-7-10)12-6-9-8(11)2-5-14-9/h2,5,12H,3-4,6-7H2,1H3/t10-/m1/s1. The molecule has 2 rings (SSSR count). The van der Waals surface area contributed by atoms with Crippen LogP contribution in [0.25, 0.3) is 0 Å². The minimum Gasteiger partial charge on any atom is -0.379 e. The molecule has 0 bridgehead atoms. The molecule has 1 N–H and O–H groups in total. The molecule has 2 nitrogen and oxygen atoms in total. The van der Waals surface area contributed by atoms with Gasteiger partial charge in [0.2, 0.25) is 0 Å². The van der Waals surface area contributed by atoms with Gasteiger partial charge < -0.3 is 10.1 Å². The molecular weight excluding hydrogens is 262 g/mol. The van der Waals surface area contributed by atoms with Gasteiger partial charge in [0.1, 0.15) is 0 Å². The Bertz CT molecular complexity index is 307. The maximum Gasteiger partial charge on any atom is 0.0646 e. The summed E-state index contributed by atoms with van der Waals surface area (Å²) in [6.07, 6.45) is 1.11. The number of hydrogen-bond acceptors (Lipinski definition) is 3. The smallest absolute Gasteiger partial charge is 0.0646 e. The molecule has 1 fully saturated rings. The zero-order valence-electron chi connectivity index (χ0n) is 8.18. The van der Waals surface area contributed by atoms with Crippen LogP contribution in [0, 0.1) is 0 Å². The van der Waals surface area contributed by atoms with Gasteiger partial charge in [0.05, 0.1) is 6.61 Å². The van der Waals surface area contributed by atoms with Gasteiger partial charge in [0, 0.05) is 28.0 Å². The lowest BCUT2D eigenvalue weighted by Crippen LogP contribution is -2.42. The largest absolute Gasteiger partial charge is 0.379 e. The molecule has 0 saturated carbocycles. The highest BCUT2D eigenvalue weighted by atomic mass is 79.9. The zero-order valence-corrected chi connectivity index (χ0v) is 10.6. The highest BCUT2D eigenvalue weighted by Crippen LogP contribution is 2.24. The Hall–Kier alpha value is 0.1000. The minimum absolute atomic E-state index is 0.170. The van der Waals surface area contributed by atoms with Crippen molar-refractivity contribution in [1.29, 1.82) is 0 Å². The van der Waals surface area contributed by atoms with Crippen LogP contribution >= 0.6 is 27.3 Å². The maximum absolute atomic E-state index is 5.39. The average molecular weight is 276 g/mol. The molecule has 1 aliphatic rings. The molecule has 1 aliphatic heterocycles. The number of halogens is 1. The van der Waals surface area contributed by atoms with Gasteiger partial charge in [-0.15, -0.1) is 11.3 Å². The predicted molar refractivity (Wildman–Crippen MR) is 62.7 cm³/mol. The van der Waals surface area contributed by atoms with Crippen LogP contribution in [-0.2, 0) is 11.3 Å². The van der Waals surface area contributed by atoms with Gasteiger partial charge >= 0.3 is 0 Å².